The molecule has 1 heterocycles. The van der Waals surface area contributed by atoms with Crippen LogP contribution < -0.4 is 15.5 Å². The van der Waals surface area contributed by atoms with E-state index in [1.54, 1.807) is 6.92 Å². The molecule has 4 rings (SSSR count). The van der Waals surface area contributed by atoms with Crippen LogP contribution >= 0.6 is 0 Å². The van der Waals surface area contributed by atoms with Gasteiger partial charge in [0.15, 0.2) is 0 Å². The van der Waals surface area contributed by atoms with Crippen molar-refractivity contribution in [1.82, 2.24) is 10.6 Å². The van der Waals surface area contributed by atoms with E-state index in [1.165, 1.54) is 11.1 Å². The molecule has 6 heteroatoms. The van der Waals surface area contributed by atoms with Gasteiger partial charge in [-0.15, -0.1) is 0 Å². The van der Waals surface area contributed by atoms with Crippen LogP contribution in [-0.4, -0.2) is 37.1 Å². The highest BCUT2D eigenvalue weighted by molar-refractivity contribution is 5.94. The minimum Gasteiger partial charge on any atom is -0.367 e. The van der Waals surface area contributed by atoms with Gasteiger partial charge in [0.2, 0.25) is 5.91 Å². The molecule has 1 saturated carbocycles. The van der Waals surface area contributed by atoms with Gasteiger partial charge in [0, 0.05) is 36.9 Å². The monoisotopic (exact) mass is 395 g/mol. The molecule has 3 atom stereocenters. The van der Waals surface area contributed by atoms with Gasteiger partial charge in [-0.25, -0.2) is 4.39 Å². The lowest BCUT2D eigenvalue weighted by atomic mass is 9.99. The molecule has 0 saturated heterocycles. The van der Waals surface area contributed by atoms with Gasteiger partial charge in [-0.05, 0) is 55.2 Å². The molecule has 1 aliphatic heterocycles. The molecule has 152 valence electrons. The Morgan fingerprint density at radius 3 is 2.52 bits per heavy atom. The predicted molar refractivity (Wildman–Crippen MR) is 111 cm³/mol. The molecule has 1 fully saturated rings. The van der Waals surface area contributed by atoms with Crippen LogP contribution in [0.4, 0.5) is 10.1 Å². The number of hydrogen-bond acceptors (Lipinski definition) is 3. The lowest BCUT2D eigenvalue weighted by Gasteiger charge is -2.30. The van der Waals surface area contributed by atoms with Crippen LogP contribution in [0.2, 0.25) is 0 Å². The summed E-state index contributed by atoms with van der Waals surface area (Å²) in [6.45, 7) is 3.93. The number of hydrogen-bond donors (Lipinski definition) is 2. The van der Waals surface area contributed by atoms with Crippen LogP contribution in [0.25, 0.3) is 0 Å². The molecular formula is C23H26FN3O2. The highest BCUT2D eigenvalue weighted by Crippen LogP contribution is 2.33. The smallest absolute Gasteiger partial charge is 0.251 e. The Bertz CT molecular complexity index is 899. The van der Waals surface area contributed by atoms with E-state index in [0.717, 1.165) is 25.2 Å². The summed E-state index contributed by atoms with van der Waals surface area (Å²) >= 11 is 0. The van der Waals surface area contributed by atoms with Gasteiger partial charge in [-0.2, -0.15) is 0 Å². The van der Waals surface area contributed by atoms with Gasteiger partial charge in [-0.3, -0.25) is 9.59 Å². The average molecular weight is 395 g/mol. The zero-order chi connectivity index (χ0) is 20.4. The number of fused-ring (bicyclic) bond motifs is 1. The third-order valence-corrected chi connectivity index (χ3v) is 5.63. The molecule has 0 aromatic heterocycles. The van der Waals surface area contributed by atoms with Crippen LogP contribution in [0.3, 0.4) is 0 Å². The summed E-state index contributed by atoms with van der Waals surface area (Å²) in [4.78, 5) is 26.4. The summed E-state index contributed by atoms with van der Waals surface area (Å²) in [6.07, 6.45) is 0.315. The van der Waals surface area contributed by atoms with Crippen LogP contribution in [0.1, 0.15) is 34.8 Å². The van der Waals surface area contributed by atoms with Crippen molar-refractivity contribution in [1.29, 1.82) is 0 Å². The number of nitrogens with zero attached hydrogens (tertiary/aromatic N) is 1. The third kappa shape index (κ3) is 4.58. The van der Waals surface area contributed by atoms with Crippen molar-refractivity contribution in [2.75, 3.05) is 18.0 Å². The van der Waals surface area contributed by atoms with Crippen LogP contribution in [0, 0.1) is 5.92 Å². The first-order valence-corrected chi connectivity index (χ1v) is 10.2. The maximum Gasteiger partial charge on any atom is 0.251 e. The highest BCUT2D eigenvalue weighted by atomic mass is 19.1. The first kappa shape index (κ1) is 19.4. The summed E-state index contributed by atoms with van der Waals surface area (Å²) in [6, 6.07) is 15.9. The van der Waals surface area contributed by atoms with E-state index < -0.39 is 12.1 Å². The van der Waals surface area contributed by atoms with E-state index in [4.69, 9.17) is 0 Å². The number of carbonyl (C=O) groups is 2. The van der Waals surface area contributed by atoms with Crippen molar-refractivity contribution in [3.63, 3.8) is 0 Å². The molecule has 0 bridgehead atoms. The maximum atomic E-state index is 12.9. The molecule has 1 aliphatic carbocycles. The molecule has 0 unspecified atom stereocenters. The summed E-state index contributed by atoms with van der Waals surface area (Å²) in [5.74, 6) is -0.967. The van der Waals surface area contributed by atoms with Crippen molar-refractivity contribution in [2.45, 2.75) is 38.5 Å². The molecule has 2 amide bonds. The molecule has 5 nitrogen and oxygen atoms in total. The minimum atomic E-state index is -1.01. The van der Waals surface area contributed by atoms with Gasteiger partial charge in [-0.1, -0.05) is 24.3 Å². The number of amides is 2. The zero-order valence-corrected chi connectivity index (χ0v) is 16.5. The summed E-state index contributed by atoms with van der Waals surface area (Å²) in [7, 11) is 0. The number of benzene rings is 2. The second kappa shape index (κ2) is 8.23. The van der Waals surface area contributed by atoms with E-state index >= 15 is 0 Å². The van der Waals surface area contributed by atoms with Crippen molar-refractivity contribution in [3.8, 4) is 0 Å². The Labute approximate surface area is 170 Å². The normalized spacial score (nSPS) is 21.1. The molecule has 2 aromatic carbocycles. The quantitative estimate of drug-likeness (QED) is 0.791. The van der Waals surface area contributed by atoms with Crippen molar-refractivity contribution in [3.05, 3.63) is 65.2 Å². The van der Waals surface area contributed by atoms with Gasteiger partial charge in [0.05, 0.1) is 5.92 Å². The van der Waals surface area contributed by atoms with Crippen molar-refractivity contribution >= 4 is 17.5 Å². The number of anilines is 1. The Balaban J connectivity index is 1.28. The maximum absolute atomic E-state index is 12.9. The van der Waals surface area contributed by atoms with E-state index in [2.05, 4.69) is 39.8 Å². The zero-order valence-electron chi connectivity index (χ0n) is 16.5. The van der Waals surface area contributed by atoms with Gasteiger partial charge < -0.3 is 15.5 Å². The fourth-order valence-electron chi connectivity index (χ4n) is 3.72. The van der Waals surface area contributed by atoms with E-state index in [1.807, 2.05) is 24.3 Å². The topological polar surface area (TPSA) is 61.4 Å². The van der Waals surface area contributed by atoms with Crippen LogP contribution in [0.15, 0.2) is 48.5 Å². The largest absolute Gasteiger partial charge is 0.367 e. The Morgan fingerprint density at radius 2 is 1.83 bits per heavy atom. The van der Waals surface area contributed by atoms with Crippen molar-refractivity contribution in [2.24, 2.45) is 5.92 Å². The van der Waals surface area contributed by atoms with E-state index in [-0.39, 0.29) is 17.9 Å². The second-order valence-electron chi connectivity index (χ2n) is 7.96. The highest BCUT2D eigenvalue weighted by Gasteiger charge is 2.43. The molecule has 2 aromatic rings. The minimum absolute atomic E-state index is 0.184. The molecule has 2 N–H and O–H groups in total. The number of alkyl halides is 1. The average Bonchev–Trinajstić information content (AvgIpc) is 3.48. The Morgan fingerprint density at radius 1 is 1.14 bits per heavy atom. The standard InChI is InChI=1S/C23H26FN3O2/c1-15(26-23(29)20-12-21(20)24)13-25-22(28)17-6-8-19(9-7-17)27-11-10-16-4-2-3-5-18(16)14-27/h2-9,15,20-21H,10-14H2,1H3,(H,25,28)(H,26,29)/t15-,20-,21-/m1/s1. The van der Waals surface area contributed by atoms with Crippen molar-refractivity contribution < 1.29 is 14.0 Å². The van der Waals surface area contributed by atoms with Crippen LogP contribution in [0.5, 0.6) is 0 Å². The van der Waals surface area contributed by atoms with Gasteiger partial charge >= 0.3 is 0 Å². The molecule has 29 heavy (non-hydrogen) atoms. The summed E-state index contributed by atoms with van der Waals surface area (Å²) < 4.78 is 12.9. The first-order valence-electron chi connectivity index (χ1n) is 10.2. The SMILES string of the molecule is C[C@H](CNC(=O)c1ccc(N2CCc3ccccc3C2)cc1)NC(=O)[C@@H]1C[C@H]1F. The lowest BCUT2D eigenvalue weighted by Crippen LogP contribution is -2.42. The lowest BCUT2D eigenvalue weighted by molar-refractivity contribution is -0.123. The fraction of sp³-hybridized carbons (Fsp3) is 0.391. The number of carbonyl (C=O) groups excluding carboxylic acids is 2. The fourth-order valence-corrected chi connectivity index (χ4v) is 3.72. The predicted octanol–water partition coefficient (Wildman–Crippen LogP) is 2.84. The molecular weight excluding hydrogens is 369 g/mol. The summed E-state index contributed by atoms with van der Waals surface area (Å²) in [5, 5.41) is 5.56. The summed E-state index contributed by atoms with van der Waals surface area (Å²) in [5.41, 5.74) is 4.43. The van der Waals surface area contributed by atoms with Crippen LogP contribution in [-0.2, 0) is 17.8 Å². The molecule has 2 aliphatic rings. The van der Waals surface area contributed by atoms with Gasteiger partial charge in [0.25, 0.3) is 5.91 Å². The van der Waals surface area contributed by atoms with E-state index in [0.29, 0.717) is 18.5 Å². The second-order valence-corrected chi connectivity index (χ2v) is 7.96. The number of nitrogens with one attached hydrogen (secondary N) is 2. The van der Waals surface area contributed by atoms with Gasteiger partial charge in [0.1, 0.15) is 6.17 Å². The third-order valence-electron chi connectivity index (χ3n) is 5.63. The molecule has 0 spiro atoms. The van der Waals surface area contributed by atoms with E-state index in [9.17, 15) is 14.0 Å². The number of rotatable bonds is 6. The number of halogens is 1. The first-order chi connectivity index (χ1) is 14.0. The Hall–Kier alpha value is -2.89. The molecule has 0 radical (unpaired) electrons. The Kier molecular flexibility index (Phi) is 5.51.